The van der Waals surface area contributed by atoms with E-state index in [1.807, 2.05) is 6.92 Å². The number of amides is 1. The molecule has 2 aromatic carbocycles. The highest BCUT2D eigenvalue weighted by atomic mass is 32.2. The van der Waals surface area contributed by atoms with Crippen LogP contribution >= 0.6 is 0 Å². The minimum absolute atomic E-state index is 0.000572. The van der Waals surface area contributed by atoms with Crippen LogP contribution in [0.2, 0.25) is 0 Å². The number of hydrogen-bond donors (Lipinski definition) is 2. The van der Waals surface area contributed by atoms with Gasteiger partial charge in [-0.2, -0.15) is 0 Å². The van der Waals surface area contributed by atoms with E-state index in [9.17, 15) is 13.2 Å². The van der Waals surface area contributed by atoms with Crippen molar-refractivity contribution >= 4 is 21.6 Å². The average Bonchev–Trinajstić information content (AvgIpc) is 2.68. The molecule has 0 aliphatic carbocycles. The Balaban J connectivity index is 1.58. The van der Waals surface area contributed by atoms with Crippen LogP contribution in [0.5, 0.6) is 17.2 Å². The number of anilines is 1. The highest BCUT2D eigenvalue weighted by molar-refractivity contribution is 7.89. The number of carbonyl (C=O) groups is 1. The van der Waals surface area contributed by atoms with Crippen molar-refractivity contribution in [2.24, 2.45) is 0 Å². The monoisotopic (exact) mass is 392 g/mol. The molecule has 0 spiro atoms. The number of benzene rings is 2. The lowest BCUT2D eigenvalue weighted by Crippen LogP contribution is -2.33. The van der Waals surface area contributed by atoms with E-state index < -0.39 is 22.5 Å². The van der Waals surface area contributed by atoms with Crippen LogP contribution in [0.1, 0.15) is 6.92 Å². The summed E-state index contributed by atoms with van der Waals surface area (Å²) in [5.74, 6) is 1.06. The maximum Gasteiger partial charge on any atom is 0.241 e. The summed E-state index contributed by atoms with van der Waals surface area (Å²) in [7, 11) is -3.86. The number of fused-ring (bicyclic) bond motifs is 1. The Labute approximate surface area is 157 Å². The summed E-state index contributed by atoms with van der Waals surface area (Å²) in [6.45, 7) is 2.80. The van der Waals surface area contributed by atoms with Gasteiger partial charge in [0.05, 0.1) is 18.0 Å². The van der Waals surface area contributed by atoms with Crippen LogP contribution in [0.25, 0.3) is 0 Å². The zero-order valence-corrected chi connectivity index (χ0v) is 15.5. The van der Waals surface area contributed by atoms with Crippen LogP contribution in [0.15, 0.2) is 47.4 Å². The summed E-state index contributed by atoms with van der Waals surface area (Å²) in [5, 5.41) is 2.62. The molecule has 144 valence electrons. The van der Waals surface area contributed by atoms with Gasteiger partial charge in [-0.15, -0.1) is 0 Å². The third-order valence-electron chi connectivity index (χ3n) is 3.70. The fraction of sp³-hybridized carbons (Fsp3) is 0.278. The van der Waals surface area contributed by atoms with Crippen molar-refractivity contribution in [2.75, 3.05) is 31.7 Å². The van der Waals surface area contributed by atoms with Crippen molar-refractivity contribution < 1.29 is 27.4 Å². The highest BCUT2D eigenvalue weighted by Crippen LogP contribution is 2.32. The highest BCUT2D eigenvalue weighted by Gasteiger charge is 2.20. The number of sulfonamides is 1. The van der Waals surface area contributed by atoms with Gasteiger partial charge in [-0.1, -0.05) is 0 Å². The van der Waals surface area contributed by atoms with Gasteiger partial charge in [0.2, 0.25) is 15.9 Å². The summed E-state index contributed by atoms with van der Waals surface area (Å²) >= 11 is 0. The van der Waals surface area contributed by atoms with Gasteiger partial charge < -0.3 is 19.5 Å². The third kappa shape index (κ3) is 4.89. The standard InChI is InChI=1S/C18H20N2O6S/c1-2-24-14-5-3-13(4-6-14)20-18(21)12-19-27(22,23)15-7-8-16-17(11-15)26-10-9-25-16/h3-8,11,19H,2,9-10,12H2,1H3,(H,20,21). The summed E-state index contributed by atoms with van der Waals surface area (Å²) in [4.78, 5) is 12.0. The number of nitrogens with one attached hydrogen (secondary N) is 2. The molecule has 0 saturated heterocycles. The summed E-state index contributed by atoms with van der Waals surface area (Å²) in [5.41, 5.74) is 0.544. The molecular weight excluding hydrogens is 372 g/mol. The Morgan fingerprint density at radius 3 is 2.48 bits per heavy atom. The van der Waals surface area contributed by atoms with E-state index in [4.69, 9.17) is 14.2 Å². The second-order valence-electron chi connectivity index (χ2n) is 5.64. The lowest BCUT2D eigenvalue weighted by Gasteiger charge is -2.18. The molecular formula is C18H20N2O6S. The molecule has 0 atom stereocenters. The van der Waals surface area contributed by atoms with Crippen molar-refractivity contribution in [3.8, 4) is 17.2 Å². The van der Waals surface area contributed by atoms with Crippen LogP contribution in [0, 0.1) is 0 Å². The van der Waals surface area contributed by atoms with Gasteiger partial charge in [0.1, 0.15) is 19.0 Å². The van der Waals surface area contributed by atoms with Crippen LogP contribution in [0.4, 0.5) is 5.69 Å². The molecule has 2 aromatic rings. The quantitative estimate of drug-likeness (QED) is 0.745. The molecule has 1 aliphatic heterocycles. The fourth-order valence-corrected chi connectivity index (χ4v) is 3.44. The molecule has 0 fully saturated rings. The lowest BCUT2D eigenvalue weighted by atomic mass is 10.3. The van der Waals surface area contributed by atoms with Crippen molar-refractivity contribution in [3.05, 3.63) is 42.5 Å². The summed E-state index contributed by atoms with van der Waals surface area (Å²) < 4.78 is 43.1. The Bertz CT molecular complexity index is 912. The Morgan fingerprint density at radius 1 is 1.07 bits per heavy atom. The molecule has 0 bridgehead atoms. The topological polar surface area (TPSA) is 103 Å². The first-order chi connectivity index (χ1) is 13.0. The minimum Gasteiger partial charge on any atom is -0.494 e. The Morgan fingerprint density at radius 2 is 1.78 bits per heavy atom. The van der Waals surface area contributed by atoms with Crippen molar-refractivity contribution in [3.63, 3.8) is 0 Å². The van der Waals surface area contributed by atoms with Crippen molar-refractivity contribution in [1.29, 1.82) is 0 Å². The maximum absolute atomic E-state index is 12.4. The van der Waals surface area contributed by atoms with Gasteiger partial charge >= 0.3 is 0 Å². The lowest BCUT2D eigenvalue weighted by molar-refractivity contribution is -0.115. The molecule has 1 amide bonds. The van der Waals surface area contributed by atoms with E-state index in [1.54, 1.807) is 24.3 Å². The Hall–Kier alpha value is -2.78. The van der Waals surface area contributed by atoms with Gasteiger partial charge in [0.25, 0.3) is 0 Å². The molecule has 9 heteroatoms. The second kappa shape index (κ2) is 8.28. The molecule has 8 nitrogen and oxygen atoms in total. The predicted molar refractivity (Wildman–Crippen MR) is 98.9 cm³/mol. The van der Waals surface area contributed by atoms with Crippen LogP contribution in [-0.4, -0.2) is 40.7 Å². The zero-order valence-electron chi connectivity index (χ0n) is 14.7. The van der Waals surface area contributed by atoms with Crippen LogP contribution in [-0.2, 0) is 14.8 Å². The smallest absolute Gasteiger partial charge is 0.241 e. The maximum atomic E-state index is 12.4. The largest absolute Gasteiger partial charge is 0.494 e. The normalized spacial score (nSPS) is 13.1. The first-order valence-corrected chi connectivity index (χ1v) is 9.88. The molecule has 0 unspecified atom stereocenters. The molecule has 0 saturated carbocycles. The minimum atomic E-state index is -3.86. The number of carbonyl (C=O) groups excluding carboxylic acids is 1. The Kier molecular flexibility index (Phi) is 5.82. The van der Waals surface area contributed by atoms with Gasteiger partial charge in [-0.25, -0.2) is 13.1 Å². The first kappa shape index (κ1) is 19.0. The van der Waals surface area contributed by atoms with Gasteiger partial charge in [-0.05, 0) is 43.3 Å². The summed E-state index contributed by atoms with van der Waals surface area (Å²) in [6, 6.07) is 11.1. The van der Waals surface area contributed by atoms with Crippen molar-refractivity contribution in [2.45, 2.75) is 11.8 Å². The first-order valence-electron chi connectivity index (χ1n) is 8.40. The molecule has 3 rings (SSSR count). The van der Waals surface area contributed by atoms with Gasteiger partial charge in [0, 0.05) is 11.8 Å². The van der Waals surface area contributed by atoms with E-state index in [-0.39, 0.29) is 4.90 Å². The second-order valence-corrected chi connectivity index (χ2v) is 7.40. The predicted octanol–water partition coefficient (Wildman–Crippen LogP) is 1.77. The molecule has 2 N–H and O–H groups in total. The summed E-state index contributed by atoms with van der Waals surface area (Å²) in [6.07, 6.45) is 0. The van der Waals surface area contributed by atoms with Gasteiger partial charge in [0.15, 0.2) is 11.5 Å². The molecule has 0 radical (unpaired) electrons. The van der Waals surface area contributed by atoms with E-state index in [2.05, 4.69) is 10.0 Å². The number of rotatable bonds is 7. The molecule has 0 aromatic heterocycles. The van der Waals surface area contributed by atoms with E-state index in [1.165, 1.54) is 18.2 Å². The van der Waals surface area contributed by atoms with E-state index in [0.717, 1.165) is 0 Å². The third-order valence-corrected chi connectivity index (χ3v) is 5.09. The molecule has 1 heterocycles. The van der Waals surface area contributed by atoms with Crippen LogP contribution in [0.3, 0.4) is 0 Å². The fourth-order valence-electron chi connectivity index (χ4n) is 2.44. The number of ether oxygens (including phenoxy) is 3. The van der Waals surface area contributed by atoms with Crippen LogP contribution < -0.4 is 24.2 Å². The number of hydrogen-bond acceptors (Lipinski definition) is 6. The van der Waals surface area contributed by atoms with Crippen molar-refractivity contribution in [1.82, 2.24) is 4.72 Å². The van der Waals surface area contributed by atoms with E-state index >= 15 is 0 Å². The van der Waals surface area contributed by atoms with Gasteiger partial charge in [-0.3, -0.25) is 4.79 Å². The SMILES string of the molecule is CCOc1ccc(NC(=O)CNS(=O)(=O)c2ccc3c(c2)OCCO3)cc1. The average molecular weight is 392 g/mol. The molecule has 27 heavy (non-hydrogen) atoms. The molecule has 1 aliphatic rings. The zero-order chi connectivity index (χ0) is 19.3. The van der Waals surface area contributed by atoms with E-state index in [0.29, 0.717) is 42.8 Å².